The van der Waals surface area contributed by atoms with Gasteiger partial charge in [-0.3, -0.25) is 14.4 Å². The second-order valence-electron chi connectivity index (χ2n) is 10.3. The average Bonchev–Trinajstić information content (AvgIpc) is 2.94. The first-order chi connectivity index (χ1) is 14.8. The second kappa shape index (κ2) is 7.55. The minimum atomic E-state index is -2.01. The van der Waals surface area contributed by atoms with Crippen LogP contribution in [0.5, 0.6) is 0 Å². The van der Waals surface area contributed by atoms with Gasteiger partial charge in [0.2, 0.25) is 0 Å². The van der Waals surface area contributed by atoms with E-state index >= 15 is 4.39 Å². The summed E-state index contributed by atoms with van der Waals surface area (Å²) in [6, 6.07) is 0. The normalized spacial score (nSPS) is 46.3. The lowest BCUT2D eigenvalue weighted by Crippen LogP contribution is -2.63. The zero-order chi connectivity index (χ0) is 23.8. The number of carbonyl (C=O) groups is 3. The van der Waals surface area contributed by atoms with Crippen LogP contribution in [0, 0.1) is 28.6 Å². The molecule has 176 valence electrons. The molecule has 9 heteroatoms. The Balaban J connectivity index is 1.73. The third-order valence-corrected chi connectivity index (χ3v) is 9.38. The molecule has 4 aliphatic carbocycles. The molecule has 4 N–H and O–H groups in total. The largest absolute Gasteiger partial charge is 0.481 e. The van der Waals surface area contributed by atoms with Crippen LogP contribution in [0.2, 0.25) is 0 Å². The summed E-state index contributed by atoms with van der Waals surface area (Å²) in [4.78, 5) is 36.1. The molecule has 3 unspecified atom stereocenters. The number of allylic oxidation sites excluding steroid dienone is 4. The Morgan fingerprint density at radius 3 is 2.62 bits per heavy atom. The molecular weight excluding hydrogens is 487 g/mol. The molecule has 3 fully saturated rings. The van der Waals surface area contributed by atoms with Gasteiger partial charge in [0.1, 0.15) is 17.9 Å². The highest BCUT2D eigenvalue weighted by Crippen LogP contribution is 2.67. The van der Waals surface area contributed by atoms with Crippen LogP contribution in [-0.2, 0) is 14.4 Å². The minimum absolute atomic E-state index is 0.00794. The average molecular weight is 515 g/mol. The van der Waals surface area contributed by atoms with Crippen molar-refractivity contribution in [2.24, 2.45) is 28.6 Å². The molecular formula is C23H28BrFO7. The number of carboxylic acids is 1. The number of alkyl halides is 1. The van der Waals surface area contributed by atoms with Crippen LogP contribution in [0.25, 0.3) is 0 Å². The molecule has 0 bridgehead atoms. The molecule has 32 heavy (non-hydrogen) atoms. The van der Waals surface area contributed by atoms with Gasteiger partial charge in [-0.05, 0) is 65.1 Å². The van der Waals surface area contributed by atoms with Crippen molar-refractivity contribution in [1.29, 1.82) is 0 Å². The standard InChI is InChI=1S/C23H28BrFO7/c1-21-8-13(24)15(26)6-12(21)14(25)5-10-11-3-4-23(32,20(31)16(27)7-18(29)30)22(11,2)9-17(28)19(10)21/h6,8,10-11,14,16-17,19,27-28,32H,3-5,7,9H2,1-2H3,(H,29,30)/t10-,11-,14?,16?,17?,19+,21-,22-,23-/m0/s1. The quantitative estimate of drug-likeness (QED) is 0.451. The molecule has 0 aliphatic heterocycles. The van der Waals surface area contributed by atoms with Crippen LogP contribution in [0.3, 0.4) is 0 Å². The van der Waals surface area contributed by atoms with E-state index in [0.717, 1.165) is 0 Å². The Morgan fingerprint density at radius 2 is 2.00 bits per heavy atom. The van der Waals surface area contributed by atoms with Gasteiger partial charge in [0.15, 0.2) is 11.6 Å². The van der Waals surface area contributed by atoms with Gasteiger partial charge in [-0.1, -0.05) is 19.9 Å². The number of aliphatic hydroxyl groups excluding tert-OH is 2. The monoisotopic (exact) mass is 514 g/mol. The molecule has 0 saturated heterocycles. The third kappa shape index (κ3) is 3.11. The molecule has 4 rings (SSSR count). The number of rotatable bonds is 4. The van der Waals surface area contributed by atoms with Gasteiger partial charge in [0.25, 0.3) is 0 Å². The van der Waals surface area contributed by atoms with Crippen LogP contribution >= 0.6 is 15.9 Å². The van der Waals surface area contributed by atoms with Crippen molar-refractivity contribution >= 4 is 33.5 Å². The van der Waals surface area contributed by atoms with Gasteiger partial charge in [0, 0.05) is 16.7 Å². The molecule has 0 aromatic carbocycles. The van der Waals surface area contributed by atoms with Crippen LogP contribution in [0.15, 0.2) is 22.2 Å². The molecule has 0 radical (unpaired) electrons. The number of hydrogen-bond donors (Lipinski definition) is 4. The molecule has 3 saturated carbocycles. The molecule has 0 aromatic rings. The predicted molar refractivity (Wildman–Crippen MR) is 114 cm³/mol. The van der Waals surface area contributed by atoms with Crippen molar-refractivity contribution in [3.05, 3.63) is 22.2 Å². The first-order valence-corrected chi connectivity index (χ1v) is 11.7. The fourth-order valence-corrected chi connectivity index (χ4v) is 7.93. The zero-order valence-corrected chi connectivity index (χ0v) is 19.5. The summed E-state index contributed by atoms with van der Waals surface area (Å²) in [6.07, 6.45) is -1.61. The van der Waals surface area contributed by atoms with E-state index in [1.807, 2.05) is 6.92 Å². The highest BCUT2D eigenvalue weighted by molar-refractivity contribution is 9.12. The van der Waals surface area contributed by atoms with E-state index in [-0.39, 0.29) is 36.9 Å². The minimum Gasteiger partial charge on any atom is -0.481 e. The van der Waals surface area contributed by atoms with E-state index in [4.69, 9.17) is 5.11 Å². The number of Topliss-reactive ketones (excluding diaryl/α,β-unsaturated/α-hetero) is 1. The summed E-state index contributed by atoms with van der Waals surface area (Å²) in [5, 5.41) is 41.9. The number of ketones is 2. The first-order valence-electron chi connectivity index (χ1n) is 10.9. The maximum atomic E-state index is 15.4. The van der Waals surface area contributed by atoms with Gasteiger partial charge >= 0.3 is 5.97 Å². The Labute approximate surface area is 193 Å². The van der Waals surface area contributed by atoms with Crippen LogP contribution < -0.4 is 0 Å². The van der Waals surface area contributed by atoms with Crippen molar-refractivity contribution in [1.82, 2.24) is 0 Å². The summed E-state index contributed by atoms with van der Waals surface area (Å²) >= 11 is 3.25. The lowest BCUT2D eigenvalue weighted by molar-refractivity contribution is -0.185. The lowest BCUT2D eigenvalue weighted by atomic mass is 9.46. The van der Waals surface area contributed by atoms with E-state index in [0.29, 0.717) is 16.5 Å². The highest BCUT2D eigenvalue weighted by Gasteiger charge is 2.69. The number of aliphatic hydroxyl groups is 3. The van der Waals surface area contributed by atoms with Gasteiger partial charge in [-0.25, -0.2) is 4.39 Å². The predicted octanol–water partition coefficient (Wildman–Crippen LogP) is 2.07. The van der Waals surface area contributed by atoms with Crippen molar-refractivity contribution in [3.63, 3.8) is 0 Å². The summed E-state index contributed by atoms with van der Waals surface area (Å²) in [6.45, 7) is 3.48. The summed E-state index contributed by atoms with van der Waals surface area (Å²) in [7, 11) is 0. The van der Waals surface area contributed by atoms with E-state index in [1.54, 1.807) is 13.0 Å². The van der Waals surface area contributed by atoms with E-state index in [9.17, 15) is 29.7 Å². The second-order valence-corrected chi connectivity index (χ2v) is 11.2. The molecule has 9 atom stereocenters. The van der Waals surface area contributed by atoms with Crippen molar-refractivity contribution < 1.29 is 39.2 Å². The van der Waals surface area contributed by atoms with E-state index in [1.165, 1.54) is 6.08 Å². The van der Waals surface area contributed by atoms with Gasteiger partial charge < -0.3 is 20.4 Å². The summed E-state index contributed by atoms with van der Waals surface area (Å²) in [5.74, 6) is -3.74. The molecule has 4 aliphatic rings. The smallest absolute Gasteiger partial charge is 0.306 e. The number of fused-ring (bicyclic) bond motifs is 5. The third-order valence-electron chi connectivity index (χ3n) is 8.76. The van der Waals surface area contributed by atoms with E-state index in [2.05, 4.69) is 15.9 Å². The van der Waals surface area contributed by atoms with Crippen molar-refractivity contribution in [2.75, 3.05) is 0 Å². The topological polar surface area (TPSA) is 132 Å². The number of carboxylic acid groups (broad SMARTS) is 1. The lowest BCUT2D eigenvalue weighted by Gasteiger charge is -2.60. The van der Waals surface area contributed by atoms with Crippen molar-refractivity contribution in [2.45, 2.75) is 69.9 Å². The van der Waals surface area contributed by atoms with Gasteiger partial charge in [-0.2, -0.15) is 0 Å². The molecule has 0 spiro atoms. The molecule has 7 nitrogen and oxygen atoms in total. The summed E-state index contributed by atoms with van der Waals surface area (Å²) < 4.78 is 15.7. The van der Waals surface area contributed by atoms with Crippen LogP contribution in [0.4, 0.5) is 4.39 Å². The fraction of sp³-hybridized carbons (Fsp3) is 0.696. The maximum absolute atomic E-state index is 15.4. The van der Waals surface area contributed by atoms with Crippen LogP contribution in [-0.4, -0.2) is 61.9 Å². The molecule has 0 heterocycles. The van der Waals surface area contributed by atoms with Crippen LogP contribution in [0.1, 0.15) is 46.0 Å². The Kier molecular flexibility index (Phi) is 5.60. The molecule has 0 aromatic heterocycles. The maximum Gasteiger partial charge on any atom is 0.306 e. The Hall–Kier alpha value is -1.42. The molecule has 0 amide bonds. The number of carbonyl (C=O) groups excluding carboxylic acids is 2. The van der Waals surface area contributed by atoms with Gasteiger partial charge in [0.05, 0.1) is 17.0 Å². The fourth-order valence-electron chi connectivity index (χ4n) is 7.34. The SMILES string of the molecule is C[C@]12C=C(Br)C(=O)C=C1C(F)C[C@@H]1[C@@H]2C(O)C[C@@]2(C)[C@H]1CC[C@]2(O)C(=O)C(O)CC(=O)O. The van der Waals surface area contributed by atoms with E-state index < -0.39 is 58.9 Å². The Morgan fingerprint density at radius 1 is 1.34 bits per heavy atom. The number of hydrogen-bond acceptors (Lipinski definition) is 6. The number of halogens is 2. The summed E-state index contributed by atoms with van der Waals surface area (Å²) in [5.41, 5.74) is -3.72. The number of aliphatic carboxylic acids is 1. The van der Waals surface area contributed by atoms with Gasteiger partial charge in [-0.15, -0.1) is 0 Å². The Bertz CT molecular complexity index is 947. The first kappa shape index (κ1) is 23.7. The zero-order valence-electron chi connectivity index (χ0n) is 17.9. The highest BCUT2D eigenvalue weighted by atomic mass is 79.9. The van der Waals surface area contributed by atoms with Crippen molar-refractivity contribution in [3.8, 4) is 0 Å².